The molecular weight excluding hydrogens is 224 g/mol. The minimum Gasteiger partial charge on any atom is -0.396 e. The second-order valence-corrected chi connectivity index (χ2v) is 5.47. The number of aliphatic hydroxyl groups excluding tert-OH is 1. The van der Waals surface area contributed by atoms with Gasteiger partial charge in [0, 0.05) is 42.2 Å². The van der Waals surface area contributed by atoms with Crippen molar-refractivity contribution >= 4 is 10.9 Å². The summed E-state index contributed by atoms with van der Waals surface area (Å²) in [6.45, 7) is 2.10. The van der Waals surface area contributed by atoms with Gasteiger partial charge in [0.05, 0.1) is 0 Å². The number of para-hydroxylation sites is 1. The van der Waals surface area contributed by atoms with Gasteiger partial charge < -0.3 is 15.4 Å². The van der Waals surface area contributed by atoms with Gasteiger partial charge in [-0.2, -0.15) is 0 Å². The fourth-order valence-electron chi connectivity index (χ4n) is 2.81. The van der Waals surface area contributed by atoms with E-state index in [-0.39, 0.29) is 5.41 Å². The van der Waals surface area contributed by atoms with Crippen LogP contribution in [0.5, 0.6) is 0 Å². The van der Waals surface area contributed by atoms with Crippen LogP contribution in [0.2, 0.25) is 0 Å². The maximum absolute atomic E-state index is 9.42. The average Bonchev–Trinajstić information content (AvgIpc) is 2.76. The lowest BCUT2D eigenvalue weighted by molar-refractivity contribution is 0.0445. The minimum atomic E-state index is 0.159. The fourth-order valence-corrected chi connectivity index (χ4v) is 2.81. The molecule has 2 aromatic rings. The van der Waals surface area contributed by atoms with Crippen LogP contribution in [0.3, 0.4) is 0 Å². The molecule has 0 bridgehead atoms. The summed E-state index contributed by atoms with van der Waals surface area (Å²) in [6.07, 6.45) is 5.65. The molecule has 1 saturated carbocycles. The summed E-state index contributed by atoms with van der Waals surface area (Å²) >= 11 is 0. The van der Waals surface area contributed by atoms with E-state index in [1.54, 1.807) is 0 Å². The molecule has 3 heteroatoms. The van der Waals surface area contributed by atoms with Gasteiger partial charge in [0.1, 0.15) is 0 Å². The van der Waals surface area contributed by atoms with Crippen LogP contribution in [0, 0.1) is 5.41 Å². The van der Waals surface area contributed by atoms with Crippen LogP contribution in [0.15, 0.2) is 30.5 Å². The molecule has 0 amide bonds. The van der Waals surface area contributed by atoms with Crippen LogP contribution < -0.4 is 5.32 Å². The summed E-state index contributed by atoms with van der Waals surface area (Å²) in [6, 6.07) is 8.36. The molecule has 3 nitrogen and oxygen atoms in total. The first kappa shape index (κ1) is 11.8. The van der Waals surface area contributed by atoms with Gasteiger partial charge in [-0.05, 0) is 24.5 Å². The Morgan fingerprint density at radius 1 is 1.28 bits per heavy atom. The van der Waals surface area contributed by atoms with Gasteiger partial charge in [-0.15, -0.1) is 0 Å². The molecule has 3 N–H and O–H groups in total. The average molecular weight is 244 g/mol. The lowest BCUT2D eigenvalue weighted by Gasteiger charge is -2.40. The Balaban J connectivity index is 1.63. The number of aromatic amines is 1. The number of benzene rings is 1. The molecular formula is C15H20N2O. The first-order valence-electron chi connectivity index (χ1n) is 6.70. The largest absolute Gasteiger partial charge is 0.396 e. The van der Waals surface area contributed by atoms with E-state index in [9.17, 15) is 5.11 Å². The molecule has 1 aliphatic carbocycles. The Bertz CT molecular complexity index is 523. The van der Waals surface area contributed by atoms with Gasteiger partial charge in [0.25, 0.3) is 0 Å². The molecule has 18 heavy (non-hydrogen) atoms. The highest BCUT2D eigenvalue weighted by atomic mass is 16.3. The third kappa shape index (κ3) is 2.04. The highest BCUT2D eigenvalue weighted by Gasteiger charge is 2.35. The highest BCUT2D eigenvalue weighted by molar-refractivity contribution is 5.82. The molecule has 1 aliphatic rings. The predicted octanol–water partition coefficient (Wildman–Crippen LogP) is 2.42. The normalized spacial score (nSPS) is 17.8. The Labute approximate surface area is 107 Å². The summed E-state index contributed by atoms with van der Waals surface area (Å²) in [5.74, 6) is 0. The first-order chi connectivity index (χ1) is 8.83. The minimum absolute atomic E-state index is 0.159. The standard InChI is InChI=1S/C15H20N2O/c18-11-15(6-3-7-15)10-16-8-12-9-17-14-5-2-1-4-13(12)14/h1-2,4-5,9,16-18H,3,6-8,10-11H2. The highest BCUT2D eigenvalue weighted by Crippen LogP contribution is 2.39. The smallest absolute Gasteiger partial charge is 0.0499 e. The number of aliphatic hydroxyl groups is 1. The molecule has 1 aromatic carbocycles. The lowest BCUT2D eigenvalue weighted by atomic mass is 9.69. The van der Waals surface area contributed by atoms with E-state index in [4.69, 9.17) is 0 Å². The van der Waals surface area contributed by atoms with E-state index in [2.05, 4.69) is 34.7 Å². The zero-order valence-corrected chi connectivity index (χ0v) is 10.6. The molecule has 0 radical (unpaired) electrons. The van der Waals surface area contributed by atoms with Gasteiger partial charge in [0.2, 0.25) is 0 Å². The van der Waals surface area contributed by atoms with E-state index in [1.165, 1.54) is 22.9 Å². The Hall–Kier alpha value is -1.32. The van der Waals surface area contributed by atoms with Crippen LogP contribution in [0.4, 0.5) is 0 Å². The predicted molar refractivity (Wildman–Crippen MR) is 73.4 cm³/mol. The molecule has 0 aliphatic heterocycles. The van der Waals surface area contributed by atoms with Gasteiger partial charge >= 0.3 is 0 Å². The zero-order chi connectivity index (χ0) is 12.4. The van der Waals surface area contributed by atoms with Crippen molar-refractivity contribution in [1.29, 1.82) is 0 Å². The Kier molecular flexibility index (Phi) is 3.10. The molecule has 0 saturated heterocycles. The van der Waals surface area contributed by atoms with E-state index in [0.29, 0.717) is 6.61 Å². The third-order valence-corrected chi connectivity index (χ3v) is 4.24. The summed E-state index contributed by atoms with van der Waals surface area (Å²) in [5.41, 5.74) is 2.65. The van der Waals surface area contributed by atoms with Crippen molar-refractivity contribution in [2.45, 2.75) is 25.8 Å². The fraction of sp³-hybridized carbons (Fsp3) is 0.467. The van der Waals surface area contributed by atoms with Crippen LogP contribution in [0.1, 0.15) is 24.8 Å². The molecule has 1 fully saturated rings. The van der Waals surface area contributed by atoms with Crippen LogP contribution in [0.25, 0.3) is 10.9 Å². The van der Waals surface area contributed by atoms with Crippen LogP contribution in [-0.2, 0) is 6.54 Å². The molecule has 0 atom stereocenters. The monoisotopic (exact) mass is 244 g/mol. The van der Waals surface area contributed by atoms with Crippen LogP contribution >= 0.6 is 0 Å². The zero-order valence-electron chi connectivity index (χ0n) is 10.6. The molecule has 1 aromatic heterocycles. The second-order valence-electron chi connectivity index (χ2n) is 5.47. The first-order valence-corrected chi connectivity index (χ1v) is 6.70. The Morgan fingerprint density at radius 3 is 2.83 bits per heavy atom. The summed E-state index contributed by atoms with van der Waals surface area (Å²) in [5, 5.41) is 14.2. The van der Waals surface area contributed by atoms with Crippen molar-refractivity contribution in [1.82, 2.24) is 10.3 Å². The molecule has 0 unspecified atom stereocenters. The van der Waals surface area contributed by atoms with Crippen LogP contribution in [-0.4, -0.2) is 23.2 Å². The van der Waals surface area contributed by atoms with Crippen molar-refractivity contribution in [3.63, 3.8) is 0 Å². The molecule has 1 heterocycles. The number of aromatic nitrogens is 1. The van der Waals surface area contributed by atoms with E-state index in [0.717, 1.165) is 25.9 Å². The summed E-state index contributed by atoms with van der Waals surface area (Å²) in [7, 11) is 0. The summed E-state index contributed by atoms with van der Waals surface area (Å²) in [4.78, 5) is 3.29. The molecule has 96 valence electrons. The van der Waals surface area contributed by atoms with E-state index >= 15 is 0 Å². The van der Waals surface area contributed by atoms with Crippen molar-refractivity contribution in [2.24, 2.45) is 5.41 Å². The van der Waals surface area contributed by atoms with Crippen molar-refractivity contribution < 1.29 is 5.11 Å². The SMILES string of the molecule is OCC1(CNCc2c[nH]c3ccccc23)CCC1. The number of hydrogen-bond donors (Lipinski definition) is 3. The van der Waals surface area contributed by atoms with Crippen molar-refractivity contribution in [2.75, 3.05) is 13.2 Å². The number of fused-ring (bicyclic) bond motifs is 1. The van der Waals surface area contributed by atoms with Crippen molar-refractivity contribution in [3.8, 4) is 0 Å². The van der Waals surface area contributed by atoms with E-state index < -0.39 is 0 Å². The summed E-state index contributed by atoms with van der Waals surface area (Å²) < 4.78 is 0. The molecule has 0 spiro atoms. The number of nitrogens with one attached hydrogen (secondary N) is 2. The topological polar surface area (TPSA) is 48.0 Å². The quantitative estimate of drug-likeness (QED) is 0.756. The maximum atomic E-state index is 9.42. The Morgan fingerprint density at radius 2 is 2.11 bits per heavy atom. The second kappa shape index (κ2) is 4.75. The maximum Gasteiger partial charge on any atom is 0.0499 e. The van der Waals surface area contributed by atoms with Gasteiger partial charge in [-0.1, -0.05) is 24.6 Å². The third-order valence-electron chi connectivity index (χ3n) is 4.24. The number of H-pyrrole nitrogens is 1. The molecule has 3 rings (SSSR count). The lowest BCUT2D eigenvalue weighted by Crippen LogP contribution is -2.42. The van der Waals surface area contributed by atoms with E-state index in [1.807, 2.05) is 6.07 Å². The van der Waals surface area contributed by atoms with Gasteiger partial charge in [0.15, 0.2) is 0 Å². The van der Waals surface area contributed by atoms with Gasteiger partial charge in [-0.25, -0.2) is 0 Å². The number of rotatable bonds is 5. The number of hydrogen-bond acceptors (Lipinski definition) is 2. The van der Waals surface area contributed by atoms with Gasteiger partial charge in [-0.3, -0.25) is 0 Å². The van der Waals surface area contributed by atoms with Crippen molar-refractivity contribution in [3.05, 3.63) is 36.0 Å².